The molecule has 0 saturated heterocycles. The van der Waals surface area contributed by atoms with E-state index in [-0.39, 0.29) is 12.4 Å². The summed E-state index contributed by atoms with van der Waals surface area (Å²) >= 11 is 0. The molecular weight excluding hydrogens is 222 g/mol. The molecule has 1 saturated carbocycles. The van der Waals surface area contributed by atoms with Crippen LogP contribution in [0.25, 0.3) is 0 Å². The Bertz CT molecular complexity index is 331. The van der Waals surface area contributed by atoms with Gasteiger partial charge in [-0.3, -0.25) is 9.98 Å². The zero-order chi connectivity index (χ0) is 10.5. The van der Waals surface area contributed by atoms with Crippen molar-refractivity contribution >= 4 is 18.2 Å². The summed E-state index contributed by atoms with van der Waals surface area (Å²) in [5, 5.41) is 0. The summed E-state index contributed by atoms with van der Waals surface area (Å²) in [6, 6.07) is 6.14. The van der Waals surface area contributed by atoms with Gasteiger partial charge >= 0.3 is 0 Å². The van der Waals surface area contributed by atoms with Crippen LogP contribution in [0.3, 0.4) is 0 Å². The summed E-state index contributed by atoms with van der Waals surface area (Å²) in [5.74, 6) is 0.586. The molecular formula is C12H18ClN3. The van der Waals surface area contributed by atoms with Crippen molar-refractivity contribution < 1.29 is 0 Å². The van der Waals surface area contributed by atoms with Crippen LogP contribution in [-0.4, -0.2) is 16.9 Å². The lowest BCUT2D eigenvalue weighted by Crippen LogP contribution is -2.20. The van der Waals surface area contributed by atoms with E-state index in [0.29, 0.717) is 11.9 Å². The fourth-order valence-electron chi connectivity index (χ4n) is 1.99. The maximum absolute atomic E-state index is 5.91. The van der Waals surface area contributed by atoms with Crippen molar-refractivity contribution in [2.45, 2.75) is 38.1 Å². The lowest BCUT2D eigenvalue weighted by Gasteiger charge is -2.18. The summed E-state index contributed by atoms with van der Waals surface area (Å²) in [6.45, 7) is 0. The molecule has 1 heterocycles. The predicted octanol–water partition coefficient (Wildman–Crippen LogP) is 2.54. The number of hydrogen-bond donors (Lipinski definition) is 1. The summed E-state index contributed by atoms with van der Waals surface area (Å²) in [7, 11) is 0. The lowest BCUT2D eigenvalue weighted by atomic mass is 9.96. The standard InChI is InChI=1S/C12H17N3.ClH/c13-12(11-8-4-5-9-14-11)15-10-6-2-1-3-7-10;/h4-5,8-10H,1-3,6-7H2,(H2,13,15);1H. The van der Waals surface area contributed by atoms with Crippen LogP contribution in [0, 0.1) is 0 Å². The minimum Gasteiger partial charge on any atom is -0.382 e. The normalized spacial score (nSPS) is 17.9. The van der Waals surface area contributed by atoms with Crippen molar-refractivity contribution in [3.8, 4) is 0 Å². The Morgan fingerprint density at radius 1 is 1.25 bits per heavy atom. The van der Waals surface area contributed by atoms with Gasteiger partial charge in [-0.1, -0.05) is 25.3 Å². The Kier molecular flexibility index (Phi) is 5.26. The van der Waals surface area contributed by atoms with Gasteiger partial charge in [0, 0.05) is 6.20 Å². The number of amidine groups is 1. The van der Waals surface area contributed by atoms with Crippen molar-refractivity contribution in [3.63, 3.8) is 0 Å². The first kappa shape index (κ1) is 13.0. The predicted molar refractivity (Wildman–Crippen MR) is 69.1 cm³/mol. The maximum atomic E-state index is 5.91. The number of nitrogens with zero attached hydrogens (tertiary/aromatic N) is 2. The third-order valence-corrected chi connectivity index (χ3v) is 2.82. The van der Waals surface area contributed by atoms with Crippen LogP contribution in [0.5, 0.6) is 0 Å². The molecule has 1 aromatic heterocycles. The fourth-order valence-corrected chi connectivity index (χ4v) is 1.99. The highest BCUT2D eigenvalue weighted by Crippen LogP contribution is 2.20. The number of aromatic nitrogens is 1. The van der Waals surface area contributed by atoms with Gasteiger partial charge in [-0.2, -0.15) is 0 Å². The summed E-state index contributed by atoms with van der Waals surface area (Å²) in [6.07, 6.45) is 8.00. The Morgan fingerprint density at radius 2 is 2.00 bits per heavy atom. The minimum atomic E-state index is 0. The van der Waals surface area contributed by atoms with E-state index in [0.717, 1.165) is 5.69 Å². The number of pyridine rings is 1. The topological polar surface area (TPSA) is 51.3 Å². The Balaban J connectivity index is 0.00000128. The summed E-state index contributed by atoms with van der Waals surface area (Å²) in [4.78, 5) is 8.73. The van der Waals surface area contributed by atoms with Gasteiger partial charge in [-0.15, -0.1) is 12.4 Å². The largest absolute Gasteiger partial charge is 0.382 e. The molecule has 0 unspecified atom stereocenters. The molecule has 1 aliphatic carbocycles. The lowest BCUT2D eigenvalue weighted by molar-refractivity contribution is 0.443. The molecule has 2 N–H and O–H groups in total. The molecule has 4 heteroatoms. The quantitative estimate of drug-likeness (QED) is 0.637. The highest BCUT2D eigenvalue weighted by molar-refractivity contribution is 5.95. The monoisotopic (exact) mass is 239 g/mol. The van der Waals surface area contributed by atoms with Gasteiger partial charge in [0.25, 0.3) is 0 Å². The molecule has 0 aromatic carbocycles. The Hall–Kier alpha value is -1.09. The molecule has 0 bridgehead atoms. The van der Waals surface area contributed by atoms with Crippen molar-refractivity contribution in [1.29, 1.82) is 0 Å². The third kappa shape index (κ3) is 3.49. The first-order valence-electron chi connectivity index (χ1n) is 5.61. The van der Waals surface area contributed by atoms with Crippen LogP contribution in [-0.2, 0) is 0 Å². The molecule has 16 heavy (non-hydrogen) atoms. The number of nitrogens with two attached hydrogens (primary N) is 1. The number of hydrogen-bond acceptors (Lipinski definition) is 2. The third-order valence-electron chi connectivity index (χ3n) is 2.82. The molecule has 2 rings (SSSR count). The van der Waals surface area contributed by atoms with E-state index in [4.69, 9.17) is 5.73 Å². The molecule has 0 spiro atoms. The molecule has 0 amide bonds. The van der Waals surface area contributed by atoms with Crippen molar-refractivity contribution in [1.82, 2.24) is 4.98 Å². The maximum Gasteiger partial charge on any atom is 0.144 e. The Labute approximate surface area is 103 Å². The smallest absolute Gasteiger partial charge is 0.144 e. The second kappa shape index (κ2) is 6.48. The fraction of sp³-hybridized carbons (Fsp3) is 0.500. The SMILES string of the molecule is Cl.NC(=NC1CCCCC1)c1ccccn1. The van der Waals surface area contributed by atoms with Crippen molar-refractivity contribution in [2.75, 3.05) is 0 Å². The van der Waals surface area contributed by atoms with Crippen LogP contribution in [0.1, 0.15) is 37.8 Å². The average molecular weight is 240 g/mol. The van der Waals surface area contributed by atoms with E-state index < -0.39 is 0 Å². The first-order valence-corrected chi connectivity index (χ1v) is 5.61. The summed E-state index contributed by atoms with van der Waals surface area (Å²) in [5.41, 5.74) is 6.71. The van der Waals surface area contributed by atoms with Gasteiger partial charge < -0.3 is 5.73 Å². The molecule has 0 radical (unpaired) electrons. The highest BCUT2D eigenvalue weighted by Gasteiger charge is 2.12. The van der Waals surface area contributed by atoms with Crippen LogP contribution in [0.15, 0.2) is 29.4 Å². The van der Waals surface area contributed by atoms with E-state index in [9.17, 15) is 0 Å². The highest BCUT2D eigenvalue weighted by atomic mass is 35.5. The molecule has 88 valence electrons. The van der Waals surface area contributed by atoms with E-state index in [2.05, 4.69) is 9.98 Å². The summed E-state index contributed by atoms with van der Waals surface area (Å²) < 4.78 is 0. The van der Waals surface area contributed by atoms with Gasteiger partial charge in [0.2, 0.25) is 0 Å². The zero-order valence-electron chi connectivity index (χ0n) is 9.30. The van der Waals surface area contributed by atoms with Crippen molar-refractivity contribution in [2.24, 2.45) is 10.7 Å². The van der Waals surface area contributed by atoms with Crippen molar-refractivity contribution in [3.05, 3.63) is 30.1 Å². The number of rotatable bonds is 2. The number of aliphatic imine (C=N–C) groups is 1. The van der Waals surface area contributed by atoms with E-state index in [1.165, 1.54) is 32.1 Å². The van der Waals surface area contributed by atoms with Gasteiger partial charge in [0.15, 0.2) is 0 Å². The van der Waals surface area contributed by atoms with E-state index in [1.54, 1.807) is 6.20 Å². The molecule has 0 aliphatic heterocycles. The number of halogens is 1. The molecule has 1 aromatic rings. The van der Waals surface area contributed by atoms with Gasteiger partial charge in [0.1, 0.15) is 11.5 Å². The molecule has 1 aliphatic rings. The van der Waals surface area contributed by atoms with Crippen LogP contribution < -0.4 is 5.73 Å². The molecule has 0 atom stereocenters. The molecule has 3 nitrogen and oxygen atoms in total. The van der Waals surface area contributed by atoms with Gasteiger partial charge in [-0.05, 0) is 25.0 Å². The van der Waals surface area contributed by atoms with E-state index >= 15 is 0 Å². The second-order valence-electron chi connectivity index (χ2n) is 4.02. The van der Waals surface area contributed by atoms with Gasteiger partial charge in [0.05, 0.1) is 6.04 Å². The van der Waals surface area contributed by atoms with Crippen LogP contribution in [0.2, 0.25) is 0 Å². The Morgan fingerprint density at radius 3 is 2.62 bits per heavy atom. The van der Waals surface area contributed by atoms with Crippen LogP contribution >= 0.6 is 12.4 Å². The minimum absolute atomic E-state index is 0. The molecule has 1 fully saturated rings. The van der Waals surface area contributed by atoms with Gasteiger partial charge in [-0.25, -0.2) is 0 Å². The van der Waals surface area contributed by atoms with E-state index in [1.807, 2.05) is 18.2 Å². The average Bonchev–Trinajstić information content (AvgIpc) is 2.31. The van der Waals surface area contributed by atoms with Crippen LogP contribution in [0.4, 0.5) is 0 Å². The first-order chi connectivity index (χ1) is 7.36. The zero-order valence-corrected chi connectivity index (χ0v) is 10.1. The second-order valence-corrected chi connectivity index (χ2v) is 4.02.